The van der Waals surface area contributed by atoms with E-state index >= 15 is 0 Å². The fraction of sp³-hybridized carbons (Fsp3) is 0.391. The zero-order valence-electron chi connectivity index (χ0n) is 17.7. The van der Waals surface area contributed by atoms with E-state index in [-0.39, 0.29) is 5.56 Å². The zero-order valence-corrected chi connectivity index (χ0v) is 17.7. The van der Waals surface area contributed by atoms with Crippen molar-refractivity contribution in [2.24, 2.45) is 5.92 Å². The highest BCUT2D eigenvalue weighted by atomic mass is 16.1. The zero-order chi connectivity index (χ0) is 20.8. The van der Waals surface area contributed by atoms with E-state index in [1.807, 2.05) is 60.2 Å². The largest absolute Gasteiger partial charge is 0.356 e. The molecule has 4 heterocycles. The van der Waals surface area contributed by atoms with Gasteiger partial charge in [-0.15, -0.1) is 0 Å². The smallest absolute Gasteiger partial charge is 0.261 e. The number of hydrogen-bond donors (Lipinski definition) is 0. The summed E-state index contributed by atoms with van der Waals surface area (Å²) in [6.45, 7) is 8.56. The van der Waals surface area contributed by atoms with Gasteiger partial charge in [-0.1, -0.05) is 12.1 Å². The Bertz CT molecular complexity index is 1300. The molecule has 30 heavy (non-hydrogen) atoms. The van der Waals surface area contributed by atoms with Gasteiger partial charge in [-0.05, 0) is 51.7 Å². The van der Waals surface area contributed by atoms with E-state index < -0.39 is 0 Å². The second kappa shape index (κ2) is 7.23. The maximum atomic E-state index is 13.0. The fourth-order valence-corrected chi connectivity index (χ4v) is 4.52. The van der Waals surface area contributed by atoms with Crippen LogP contribution in [-0.4, -0.2) is 37.2 Å². The minimum absolute atomic E-state index is 0.0685. The van der Waals surface area contributed by atoms with Gasteiger partial charge in [0.2, 0.25) is 0 Å². The first-order chi connectivity index (χ1) is 14.5. The number of anilines is 1. The molecule has 7 nitrogen and oxygen atoms in total. The van der Waals surface area contributed by atoms with Crippen molar-refractivity contribution in [3.63, 3.8) is 0 Å². The molecule has 0 atom stereocenters. The lowest BCUT2D eigenvalue weighted by molar-refractivity contribution is 0.347. The number of nitrogens with zero attached hydrogens (tertiary/aromatic N) is 6. The van der Waals surface area contributed by atoms with Gasteiger partial charge in [-0.2, -0.15) is 9.61 Å². The number of para-hydroxylation sites is 1. The van der Waals surface area contributed by atoms with Crippen LogP contribution in [0.1, 0.15) is 30.1 Å². The first kappa shape index (κ1) is 18.8. The van der Waals surface area contributed by atoms with Crippen molar-refractivity contribution in [1.29, 1.82) is 0 Å². The molecule has 1 aromatic carbocycles. The molecule has 154 valence electrons. The summed E-state index contributed by atoms with van der Waals surface area (Å²) in [7, 11) is 0. The van der Waals surface area contributed by atoms with Gasteiger partial charge >= 0.3 is 0 Å². The van der Waals surface area contributed by atoms with E-state index in [0.29, 0.717) is 11.3 Å². The van der Waals surface area contributed by atoms with Gasteiger partial charge < -0.3 is 4.90 Å². The third kappa shape index (κ3) is 3.24. The quantitative estimate of drug-likeness (QED) is 0.526. The Morgan fingerprint density at radius 3 is 2.57 bits per heavy atom. The van der Waals surface area contributed by atoms with Gasteiger partial charge in [-0.25, -0.2) is 9.97 Å². The molecular formula is C23H26N6O. The van der Waals surface area contributed by atoms with Crippen molar-refractivity contribution in [2.45, 2.75) is 40.2 Å². The normalized spacial score (nSPS) is 15.4. The minimum Gasteiger partial charge on any atom is -0.356 e. The van der Waals surface area contributed by atoms with Gasteiger partial charge in [-0.3, -0.25) is 9.36 Å². The summed E-state index contributed by atoms with van der Waals surface area (Å²) in [5.41, 5.74) is 3.72. The van der Waals surface area contributed by atoms with Gasteiger partial charge in [0, 0.05) is 37.5 Å². The van der Waals surface area contributed by atoms with E-state index in [1.54, 1.807) is 0 Å². The molecule has 1 aliphatic rings. The summed E-state index contributed by atoms with van der Waals surface area (Å²) in [5, 5.41) is 5.33. The predicted molar refractivity (Wildman–Crippen MR) is 118 cm³/mol. The van der Waals surface area contributed by atoms with Crippen molar-refractivity contribution < 1.29 is 0 Å². The Kier molecular flexibility index (Phi) is 4.53. The van der Waals surface area contributed by atoms with E-state index in [4.69, 9.17) is 0 Å². The van der Waals surface area contributed by atoms with Crippen molar-refractivity contribution in [1.82, 2.24) is 24.1 Å². The third-order valence-electron chi connectivity index (χ3n) is 6.09. The van der Waals surface area contributed by atoms with E-state index in [0.717, 1.165) is 66.7 Å². The lowest BCUT2D eigenvalue weighted by Gasteiger charge is -2.34. The van der Waals surface area contributed by atoms with Gasteiger partial charge in [0.15, 0.2) is 5.65 Å². The Balaban J connectivity index is 1.36. The number of aryl methyl sites for hydroxylation is 3. The van der Waals surface area contributed by atoms with Gasteiger partial charge in [0.1, 0.15) is 11.6 Å². The van der Waals surface area contributed by atoms with E-state index in [9.17, 15) is 4.79 Å². The molecule has 4 aromatic rings. The van der Waals surface area contributed by atoms with Crippen LogP contribution in [-0.2, 0) is 6.54 Å². The van der Waals surface area contributed by atoms with Crippen LogP contribution in [0.5, 0.6) is 0 Å². The highest BCUT2D eigenvalue weighted by Crippen LogP contribution is 2.26. The van der Waals surface area contributed by atoms with Crippen molar-refractivity contribution in [2.75, 3.05) is 18.0 Å². The third-order valence-corrected chi connectivity index (χ3v) is 6.09. The molecule has 5 rings (SSSR count). The number of fused-ring (bicyclic) bond motifs is 2. The first-order valence-corrected chi connectivity index (χ1v) is 10.5. The lowest BCUT2D eigenvalue weighted by atomic mass is 9.96. The maximum Gasteiger partial charge on any atom is 0.261 e. The predicted octanol–water partition coefficient (Wildman–Crippen LogP) is 3.28. The number of hydrogen-bond acceptors (Lipinski definition) is 5. The molecule has 0 unspecified atom stereocenters. The Morgan fingerprint density at radius 1 is 1.00 bits per heavy atom. The molecule has 1 aliphatic heterocycles. The second-order valence-electron chi connectivity index (χ2n) is 8.33. The summed E-state index contributed by atoms with van der Waals surface area (Å²) >= 11 is 0. The fourth-order valence-electron chi connectivity index (χ4n) is 4.52. The topological polar surface area (TPSA) is 68.3 Å². The van der Waals surface area contributed by atoms with Crippen LogP contribution in [0.2, 0.25) is 0 Å². The summed E-state index contributed by atoms with van der Waals surface area (Å²) in [5.74, 6) is 2.35. The number of piperidine rings is 1. The maximum absolute atomic E-state index is 13.0. The summed E-state index contributed by atoms with van der Waals surface area (Å²) in [4.78, 5) is 24.6. The van der Waals surface area contributed by atoms with Crippen molar-refractivity contribution >= 4 is 22.4 Å². The monoisotopic (exact) mass is 402 g/mol. The molecule has 0 amide bonds. The van der Waals surface area contributed by atoms with Crippen molar-refractivity contribution in [3.8, 4) is 0 Å². The van der Waals surface area contributed by atoms with E-state index in [1.165, 1.54) is 0 Å². The average Bonchev–Trinajstić information content (AvgIpc) is 3.11. The van der Waals surface area contributed by atoms with Crippen LogP contribution in [0.25, 0.3) is 16.6 Å². The molecular weight excluding hydrogens is 376 g/mol. The van der Waals surface area contributed by atoms with Crippen LogP contribution in [0.15, 0.2) is 41.2 Å². The van der Waals surface area contributed by atoms with Crippen molar-refractivity contribution in [3.05, 3.63) is 64.0 Å². The Morgan fingerprint density at radius 2 is 1.77 bits per heavy atom. The lowest BCUT2D eigenvalue weighted by Crippen LogP contribution is -2.38. The molecule has 1 saturated heterocycles. The molecule has 0 saturated carbocycles. The SMILES string of the molecule is Cc1cc(N2CCC(Cn3c(C)nc4ccccc4c3=O)CC2)n2nc(C)cc2n1. The highest BCUT2D eigenvalue weighted by molar-refractivity contribution is 5.77. The molecule has 1 fully saturated rings. The van der Waals surface area contributed by atoms with Gasteiger partial charge in [0.05, 0.1) is 16.6 Å². The second-order valence-corrected chi connectivity index (χ2v) is 8.33. The van der Waals surface area contributed by atoms with Crippen LogP contribution in [0.4, 0.5) is 5.82 Å². The van der Waals surface area contributed by atoms with Crippen LogP contribution < -0.4 is 10.5 Å². The van der Waals surface area contributed by atoms with Crippen LogP contribution >= 0.6 is 0 Å². The van der Waals surface area contributed by atoms with Gasteiger partial charge in [0.25, 0.3) is 5.56 Å². The minimum atomic E-state index is 0.0685. The summed E-state index contributed by atoms with van der Waals surface area (Å²) in [6.07, 6.45) is 2.06. The van der Waals surface area contributed by atoms with Crippen LogP contribution in [0.3, 0.4) is 0 Å². The Labute approximate surface area is 175 Å². The number of aromatic nitrogens is 5. The molecule has 0 radical (unpaired) electrons. The number of benzene rings is 1. The molecule has 0 N–H and O–H groups in total. The average molecular weight is 403 g/mol. The molecule has 3 aromatic heterocycles. The Hall–Kier alpha value is -3.22. The summed E-state index contributed by atoms with van der Waals surface area (Å²) < 4.78 is 3.80. The highest BCUT2D eigenvalue weighted by Gasteiger charge is 2.23. The molecule has 0 aliphatic carbocycles. The summed E-state index contributed by atoms with van der Waals surface area (Å²) in [6, 6.07) is 11.7. The number of rotatable bonds is 3. The molecule has 7 heteroatoms. The molecule has 0 bridgehead atoms. The van der Waals surface area contributed by atoms with E-state index in [2.05, 4.69) is 26.0 Å². The van der Waals surface area contributed by atoms with Crippen LogP contribution in [0, 0.1) is 26.7 Å². The first-order valence-electron chi connectivity index (χ1n) is 10.5. The molecule has 0 spiro atoms. The standard InChI is InChI=1S/C23H26N6O/c1-15-13-22(29-21(24-15)12-16(2)26-29)27-10-8-18(9-11-27)14-28-17(3)25-20-7-5-4-6-19(20)23(28)30/h4-7,12-13,18H,8-11,14H2,1-3H3.